The fourth-order valence-corrected chi connectivity index (χ4v) is 3.36. The Morgan fingerprint density at radius 3 is 2.83 bits per heavy atom. The number of methoxy groups -OCH3 is 2. The molecule has 0 bridgehead atoms. The van der Waals surface area contributed by atoms with Gasteiger partial charge in [-0.3, -0.25) is 9.48 Å². The molecule has 128 valence electrons. The largest absolute Gasteiger partial charge is 0.493 e. The summed E-state index contributed by atoms with van der Waals surface area (Å²) in [5.41, 5.74) is 0.499. The molecule has 0 radical (unpaired) electrons. The maximum atomic E-state index is 12.9. The quantitative estimate of drug-likeness (QED) is 0.851. The number of likely N-dealkylation sites (tertiary alicyclic amines) is 1. The molecule has 1 aromatic heterocycles. The number of rotatable bonds is 4. The second kappa shape index (κ2) is 7.13. The van der Waals surface area contributed by atoms with Gasteiger partial charge in [-0.05, 0) is 31.0 Å². The van der Waals surface area contributed by atoms with Crippen LogP contribution >= 0.6 is 11.6 Å². The molecule has 1 saturated heterocycles. The van der Waals surface area contributed by atoms with E-state index >= 15 is 0 Å². The van der Waals surface area contributed by atoms with Gasteiger partial charge in [0.1, 0.15) is 0 Å². The summed E-state index contributed by atoms with van der Waals surface area (Å²) in [7, 11) is 3.04. The molecule has 24 heavy (non-hydrogen) atoms. The first-order chi connectivity index (χ1) is 11.6. The van der Waals surface area contributed by atoms with E-state index in [2.05, 4.69) is 5.10 Å². The molecule has 0 aliphatic carbocycles. The van der Waals surface area contributed by atoms with Crippen LogP contribution in [0.4, 0.5) is 0 Å². The maximum Gasteiger partial charge on any atom is 0.254 e. The molecule has 1 atom stereocenters. The Hall–Kier alpha value is -2.21. The van der Waals surface area contributed by atoms with Crippen LogP contribution in [0.1, 0.15) is 29.2 Å². The Morgan fingerprint density at radius 1 is 1.33 bits per heavy atom. The number of amides is 1. The molecule has 2 aromatic rings. The van der Waals surface area contributed by atoms with Crippen molar-refractivity contribution in [3.05, 3.63) is 41.2 Å². The molecule has 1 aliphatic rings. The molecule has 1 aromatic carbocycles. The molecule has 0 unspecified atom stereocenters. The Labute approximate surface area is 145 Å². The summed E-state index contributed by atoms with van der Waals surface area (Å²) in [6.45, 7) is 1.36. The van der Waals surface area contributed by atoms with Gasteiger partial charge in [0.15, 0.2) is 11.5 Å². The maximum absolute atomic E-state index is 12.9. The van der Waals surface area contributed by atoms with Crippen LogP contribution in [0.15, 0.2) is 30.6 Å². The second-order valence-electron chi connectivity index (χ2n) is 5.73. The van der Waals surface area contributed by atoms with Gasteiger partial charge >= 0.3 is 0 Å². The van der Waals surface area contributed by atoms with Crippen molar-refractivity contribution >= 4 is 17.5 Å². The minimum absolute atomic E-state index is 0.0605. The van der Waals surface area contributed by atoms with Gasteiger partial charge in [0.2, 0.25) is 0 Å². The van der Waals surface area contributed by atoms with Crippen molar-refractivity contribution in [2.75, 3.05) is 27.3 Å². The SMILES string of the molecule is COc1cc(C(=O)N2CCC[C@H](n3cccn3)C2)cc(Cl)c1OC. The highest BCUT2D eigenvalue weighted by Gasteiger charge is 2.27. The van der Waals surface area contributed by atoms with Crippen LogP contribution in [0, 0.1) is 0 Å². The zero-order valence-electron chi connectivity index (χ0n) is 13.7. The first-order valence-corrected chi connectivity index (χ1v) is 8.21. The first-order valence-electron chi connectivity index (χ1n) is 7.84. The number of hydrogen-bond acceptors (Lipinski definition) is 4. The van der Waals surface area contributed by atoms with Crippen molar-refractivity contribution in [1.29, 1.82) is 0 Å². The topological polar surface area (TPSA) is 56.6 Å². The highest BCUT2D eigenvalue weighted by atomic mass is 35.5. The van der Waals surface area contributed by atoms with Crippen molar-refractivity contribution in [1.82, 2.24) is 14.7 Å². The van der Waals surface area contributed by atoms with Crippen molar-refractivity contribution in [3.63, 3.8) is 0 Å². The van der Waals surface area contributed by atoms with Gasteiger partial charge in [0.25, 0.3) is 5.91 Å². The van der Waals surface area contributed by atoms with E-state index in [1.54, 1.807) is 18.3 Å². The van der Waals surface area contributed by atoms with Crippen LogP contribution < -0.4 is 9.47 Å². The lowest BCUT2D eigenvalue weighted by molar-refractivity contribution is 0.0672. The summed E-state index contributed by atoms with van der Waals surface area (Å²) in [5.74, 6) is 0.826. The molecule has 0 N–H and O–H groups in total. The lowest BCUT2D eigenvalue weighted by Crippen LogP contribution is -2.40. The molecular weight excluding hydrogens is 330 g/mol. The van der Waals surface area contributed by atoms with Gasteiger partial charge in [-0.15, -0.1) is 0 Å². The molecular formula is C17H20ClN3O3. The van der Waals surface area contributed by atoms with E-state index in [0.717, 1.165) is 19.4 Å². The van der Waals surface area contributed by atoms with E-state index in [1.165, 1.54) is 14.2 Å². The third-order valence-electron chi connectivity index (χ3n) is 4.26. The van der Waals surface area contributed by atoms with E-state index in [1.807, 2.05) is 21.8 Å². The average Bonchev–Trinajstić information content (AvgIpc) is 3.15. The Kier molecular flexibility index (Phi) is 4.94. The van der Waals surface area contributed by atoms with Gasteiger partial charge < -0.3 is 14.4 Å². The predicted octanol–water partition coefficient (Wildman–Crippen LogP) is 3.03. The Morgan fingerprint density at radius 2 is 2.17 bits per heavy atom. The molecule has 1 aliphatic heterocycles. The lowest BCUT2D eigenvalue weighted by atomic mass is 10.0. The minimum Gasteiger partial charge on any atom is -0.493 e. The molecule has 1 fully saturated rings. The van der Waals surface area contributed by atoms with Gasteiger partial charge in [-0.25, -0.2) is 0 Å². The number of benzene rings is 1. The standard InChI is InChI=1S/C17H20ClN3O3/c1-23-15-10-12(9-14(18)16(15)24-2)17(22)20-7-3-5-13(11-20)21-8-4-6-19-21/h4,6,8-10,13H,3,5,7,11H2,1-2H3/t13-/m0/s1. The third-order valence-corrected chi connectivity index (χ3v) is 4.54. The number of ether oxygens (including phenoxy) is 2. The average molecular weight is 350 g/mol. The summed E-state index contributed by atoms with van der Waals surface area (Å²) in [5, 5.41) is 4.65. The number of halogens is 1. The van der Waals surface area contributed by atoms with Gasteiger partial charge in [0, 0.05) is 31.0 Å². The van der Waals surface area contributed by atoms with Crippen molar-refractivity contribution in [2.45, 2.75) is 18.9 Å². The zero-order valence-corrected chi connectivity index (χ0v) is 14.5. The highest BCUT2D eigenvalue weighted by Crippen LogP contribution is 2.36. The number of nitrogens with zero attached hydrogens (tertiary/aromatic N) is 3. The number of aromatic nitrogens is 2. The van der Waals surface area contributed by atoms with Gasteiger partial charge in [-0.2, -0.15) is 5.10 Å². The summed E-state index contributed by atoms with van der Waals surface area (Å²) < 4.78 is 12.4. The number of carbonyl (C=O) groups excluding carboxylic acids is 1. The molecule has 3 rings (SSSR count). The van der Waals surface area contributed by atoms with Crippen LogP contribution in [-0.4, -0.2) is 47.9 Å². The smallest absolute Gasteiger partial charge is 0.254 e. The van der Waals surface area contributed by atoms with Crippen molar-refractivity contribution < 1.29 is 14.3 Å². The molecule has 6 nitrogen and oxygen atoms in total. The van der Waals surface area contributed by atoms with E-state index in [9.17, 15) is 4.79 Å². The van der Waals surface area contributed by atoms with Crippen LogP contribution in [-0.2, 0) is 0 Å². The van der Waals surface area contributed by atoms with Crippen LogP contribution in [0.3, 0.4) is 0 Å². The monoisotopic (exact) mass is 349 g/mol. The number of hydrogen-bond donors (Lipinski definition) is 0. The summed E-state index contributed by atoms with van der Waals surface area (Å²) in [4.78, 5) is 14.7. The number of carbonyl (C=O) groups is 1. The zero-order chi connectivity index (χ0) is 17.1. The molecule has 2 heterocycles. The Balaban J connectivity index is 1.82. The second-order valence-corrected chi connectivity index (χ2v) is 6.13. The fraction of sp³-hybridized carbons (Fsp3) is 0.412. The predicted molar refractivity (Wildman–Crippen MR) is 91.0 cm³/mol. The normalized spacial score (nSPS) is 17.6. The van der Waals surface area contributed by atoms with E-state index in [-0.39, 0.29) is 11.9 Å². The summed E-state index contributed by atoms with van der Waals surface area (Å²) >= 11 is 6.22. The fourth-order valence-electron chi connectivity index (χ4n) is 3.08. The van der Waals surface area contributed by atoms with Crippen LogP contribution in [0.5, 0.6) is 11.5 Å². The van der Waals surface area contributed by atoms with Crippen LogP contribution in [0.25, 0.3) is 0 Å². The molecule has 7 heteroatoms. The highest BCUT2D eigenvalue weighted by molar-refractivity contribution is 6.32. The Bertz CT molecular complexity index is 718. The van der Waals surface area contributed by atoms with Crippen molar-refractivity contribution in [2.24, 2.45) is 0 Å². The van der Waals surface area contributed by atoms with Crippen LogP contribution in [0.2, 0.25) is 5.02 Å². The van der Waals surface area contributed by atoms with E-state index in [0.29, 0.717) is 28.6 Å². The number of piperidine rings is 1. The minimum atomic E-state index is -0.0605. The van der Waals surface area contributed by atoms with E-state index < -0.39 is 0 Å². The molecule has 1 amide bonds. The van der Waals surface area contributed by atoms with Gasteiger partial charge in [0.05, 0.1) is 25.3 Å². The first kappa shape index (κ1) is 16.6. The third kappa shape index (κ3) is 3.19. The molecule has 0 saturated carbocycles. The van der Waals surface area contributed by atoms with Crippen molar-refractivity contribution in [3.8, 4) is 11.5 Å². The van der Waals surface area contributed by atoms with E-state index in [4.69, 9.17) is 21.1 Å². The van der Waals surface area contributed by atoms with Gasteiger partial charge in [-0.1, -0.05) is 11.6 Å². The lowest BCUT2D eigenvalue weighted by Gasteiger charge is -2.33. The summed E-state index contributed by atoms with van der Waals surface area (Å²) in [6.07, 6.45) is 5.65. The summed E-state index contributed by atoms with van der Waals surface area (Å²) in [6, 6.07) is 5.40. The molecule has 0 spiro atoms.